The van der Waals surface area contributed by atoms with Crippen molar-refractivity contribution in [2.75, 3.05) is 13.2 Å². The summed E-state index contributed by atoms with van der Waals surface area (Å²) in [5, 5.41) is 0.531. The summed E-state index contributed by atoms with van der Waals surface area (Å²) in [4.78, 5) is 30.9. The van der Waals surface area contributed by atoms with E-state index in [1.165, 1.54) is 11.1 Å². The molecule has 2 aromatic carbocycles. The molecule has 0 saturated heterocycles. The van der Waals surface area contributed by atoms with E-state index in [1.807, 2.05) is 6.92 Å². The maximum Gasteiger partial charge on any atom is 0.338 e. The van der Waals surface area contributed by atoms with Crippen LogP contribution < -0.4 is 5.43 Å². The third-order valence-electron chi connectivity index (χ3n) is 5.42. The van der Waals surface area contributed by atoms with E-state index < -0.39 is 5.97 Å². The summed E-state index contributed by atoms with van der Waals surface area (Å²) in [7, 11) is 0. The van der Waals surface area contributed by atoms with Crippen LogP contribution in [0.5, 0.6) is 0 Å². The highest BCUT2D eigenvalue weighted by molar-refractivity contribution is 5.94. The van der Waals surface area contributed by atoms with Gasteiger partial charge >= 0.3 is 5.97 Å². The van der Waals surface area contributed by atoms with Crippen LogP contribution in [0.3, 0.4) is 0 Å². The smallest absolute Gasteiger partial charge is 0.338 e. The van der Waals surface area contributed by atoms with Crippen LogP contribution in [0.15, 0.2) is 47.3 Å². The zero-order chi connectivity index (χ0) is 19.7. The summed E-state index contributed by atoms with van der Waals surface area (Å²) in [6, 6.07) is 13.6. The van der Waals surface area contributed by atoms with E-state index in [-0.39, 0.29) is 5.43 Å². The third-order valence-corrected chi connectivity index (χ3v) is 5.42. The summed E-state index contributed by atoms with van der Waals surface area (Å²) in [6.07, 6.45) is 0.994. The van der Waals surface area contributed by atoms with Gasteiger partial charge in [0.2, 0.25) is 0 Å². The summed E-state index contributed by atoms with van der Waals surface area (Å²) >= 11 is 0. The van der Waals surface area contributed by atoms with Crippen LogP contribution in [0.2, 0.25) is 0 Å². The minimum absolute atomic E-state index is 0.0174. The number of carbonyl (C=O) groups excluding carboxylic acids is 1. The molecule has 2 heterocycles. The monoisotopic (exact) mass is 376 g/mol. The largest absolute Gasteiger partial charge is 0.462 e. The van der Waals surface area contributed by atoms with Gasteiger partial charge in [0.05, 0.1) is 12.2 Å². The van der Waals surface area contributed by atoms with Gasteiger partial charge in [-0.15, -0.1) is 0 Å². The molecule has 1 N–H and O–H groups in total. The van der Waals surface area contributed by atoms with Gasteiger partial charge < -0.3 is 9.72 Å². The molecule has 1 aromatic heterocycles. The molecule has 0 spiro atoms. The van der Waals surface area contributed by atoms with Crippen molar-refractivity contribution < 1.29 is 9.53 Å². The van der Waals surface area contributed by atoms with Gasteiger partial charge in [-0.2, -0.15) is 0 Å². The standard InChI is InChI=1S/C23H24N2O3/c1-3-28-23(27)17-8-9-21-19(12-17)22(26)20(15(2)24-21)14-25-11-10-16-6-4-5-7-18(16)13-25/h4-9,12H,3,10-11,13-14H2,1-2H3,(H,24,26). The molecule has 28 heavy (non-hydrogen) atoms. The van der Waals surface area contributed by atoms with Crippen molar-refractivity contribution in [2.45, 2.75) is 33.4 Å². The Labute approximate surface area is 163 Å². The summed E-state index contributed by atoms with van der Waals surface area (Å²) in [6.45, 7) is 6.38. The van der Waals surface area contributed by atoms with Crippen LogP contribution in [-0.2, 0) is 24.2 Å². The molecule has 5 nitrogen and oxygen atoms in total. The first-order chi connectivity index (χ1) is 13.6. The van der Waals surface area contributed by atoms with E-state index in [4.69, 9.17) is 4.74 Å². The molecular formula is C23H24N2O3. The van der Waals surface area contributed by atoms with Gasteiger partial charge in [-0.1, -0.05) is 24.3 Å². The Morgan fingerprint density at radius 2 is 1.96 bits per heavy atom. The molecule has 0 saturated carbocycles. The third kappa shape index (κ3) is 3.45. The molecule has 0 bridgehead atoms. The van der Waals surface area contributed by atoms with E-state index in [1.54, 1.807) is 25.1 Å². The maximum atomic E-state index is 13.2. The van der Waals surface area contributed by atoms with Crippen molar-refractivity contribution >= 4 is 16.9 Å². The number of fused-ring (bicyclic) bond motifs is 2. The lowest BCUT2D eigenvalue weighted by Crippen LogP contribution is -2.32. The number of benzene rings is 2. The number of aromatic amines is 1. The average molecular weight is 376 g/mol. The molecular weight excluding hydrogens is 352 g/mol. The minimum Gasteiger partial charge on any atom is -0.462 e. The van der Waals surface area contributed by atoms with Crippen LogP contribution in [-0.4, -0.2) is 29.0 Å². The number of aromatic nitrogens is 1. The normalized spacial score (nSPS) is 14.1. The molecule has 1 aliphatic rings. The Bertz CT molecular complexity index is 1100. The predicted molar refractivity (Wildman–Crippen MR) is 110 cm³/mol. The number of hydrogen-bond donors (Lipinski definition) is 1. The first kappa shape index (κ1) is 18.4. The fourth-order valence-corrected chi connectivity index (χ4v) is 3.90. The molecule has 0 aliphatic carbocycles. The number of esters is 1. The zero-order valence-electron chi connectivity index (χ0n) is 16.2. The quantitative estimate of drug-likeness (QED) is 0.707. The highest BCUT2D eigenvalue weighted by Gasteiger charge is 2.19. The number of nitrogens with one attached hydrogen (secondary N) is 1. The molecule has 3 aromatic rings. The van der Waals surface area contributed by atoms with Gasteiger partial charge in [0.25, 0.3) is 0 Å². The lowest BCUT2D eigenvalue weighted by atomic mass is 9.99. The van der Waals surface area contributed by atoms with Gasteiger partial charge in [-0.05, 0) is 49.6 Å². The molecule has 0 amide bonds. The number of pyridine rings is 1. The van der Waals surface area contributed by atoms with Crippen molar-refractivity contribution in [3.63, 3.8) is 0 Å². The van der Waals surface area contributed by atoms with E-state index in [0.717, 1.165) is 36.3 Å². The Kier molecular flexibility index (Phi) is 5.01. The Morgan fingerprint density at radius 1 is 1.18 bits per heavy atom. The second-order valence-corrected chi connectivity index (χ2v) is 7.27. The fourth-order valence-electron chi connectivity index (χ4n) is 3.90. The van der Waals surface area contributed by atoms with E-state index in [0.29, 0.717) is 24.1 Å². The molecule has 0 atom stereocenters. The highest BCUT2D eigenvalue weighted by Crippen LogP contribution is 2.21. The van der Waals surface area contributed by atoms with Crippen LogP contribution in [0.4, 0.5) is 0 Å². The Hall–Kier alpha value is -2.92. The molecule has 1 aliphatic heterocycles. The van der Waals surface area contributed by atoms with Crippen molar-refractivity contribution in [1.29, 1.82) is 0 Å². The van der Waals surface area contributed by atoms with Gasteiger partial charge in [-0.3, -0.25) is 9.69 Å². The van der Waals surface area contributed by atoms with Crippen LogP contribution in [0.1, 0.15) is 39.7 Å². The lowest BCUT2D eigenvalue weighted by Gasteiger charge is -2.29. The number of nitrogens with zero attached hydrogens (tertiary/aromatic N) is 1. The van der Waals surface area contributed by atoms with Crippen molar-refractivity contribution in [3.05, 3.63) is 80.6 Å². The molecule has 0 radical (unpaired) electrons. The Balaban J connectivity index is 1.67. The Morgan fingerprint density at radius 3 is 2.75 bits per heavy atom. The van der Waals surface area contributed by atoms with Crippen LogP contribution >= 0.6 is 0 Å². The number of aryl methyl sites for hydroxylation is 1. The van der Waals surface area contributed by atoms with Crippen LogP contribution in [0.25, 0.3) is 10.9 Å². The number of hydrogen-bond acceptors (Lipinski definition) is 4. The highest BCUT2D eigenvalue weighted by atomic mass is 16.5. The summed E-state index contributed by atoms with van der Waals surface area (Å²) < 4.78 is 5.07. The van der Waals surface area contributed by atoms with Crippen molar-refractivity contribution in [2.24, 2.45) is 0 Å². The molecule has 0 unspecified atom stereocenters. The fraction of sp³-hybridized carbons (Fsp3) is 0.304. The number of carbonyl (C=O) groups is 1. The SMILES string of the molecule is CCOC(=O)c1ccc2[nH]c(C)c(CN3CCc4ccccc4C3)c(=O)c2c1. The average Bonchev–Trinajstić information content (AvgIpc) is 2.71. The van der Waals surface area contributed by atoms with Gasteiger partial charge in [0.15, 0.2) is 5.43 Å². The second-order valence-electron chi connectivity index (χ2n) is 7.27. The van der Waals surface area contributed by atoms with Crippen molar-refractivity contribution in [3.8, 4) is 0 Å². The first-order valence-electron chi connectivity index (χ1n) is 9.68. The van der Waals surface area contributed by atoms with Crippen LogP contribution in [0, 0.1) is 6.92 Å². The zero-order valence-corrected chi connectivity index (χ0v) is 16.2. The number of ether oxygens (including phenoxy) is 1. The summed E-state index contributed by atoms with van der Waals surface area (Å²) in [5.41, 5.74) is 5.48. The second kappa shape index (κ2) is 7.60. The van der Waals surface area contributed by atoms with Gasteiger partial charge in [-0.25, -0.2) is 4.79 Å². The molecule has 4 rings (SSSR count). The van der Waals surface area contributed by atoms with E-state index in [2.05, 4.69) is 34.1 Å². The number of rotatable bonds is 4. The lowest BCUT2D eigenvalue weighted by molar-refractivity contribution is 0.0526. The van der Waals surface area contributed by atoms with E-state index >= 15 is 0 Å². The number of H-pyrrole nitrogens is 1. The molecule has 5 heteroatoms. The minimum atomic E-state index is -0.404. The molecule has 0 fully saturated rings. The van der Waals surface area contributed by atoms with Gasteiger partial charge in [0, 0.05) is 41.8 Å². The first-order valence-corrected chi connectivity index (χ1v) is 9.68. The molecule has 144 valence electrons. The van der Waals surface area contributed by atoms with E-state index in [9.17, 15) is 9.59 Å². The van der Waals surface area contributed by atoms with Crippen molar-refractivity contribution in [1.82, 2.24) is 9.88 Å². The van der Waals surface area contributed by atoms with Gasteiger partial charge in [0.1, 0.15) is 0 Å². The summed E-state index contributed by atoms with van der Waals surface area (Å²) in [5.74, 6) is -0.404. The topological polar surface area (TPSA) is 62.4 Å². The maximum absolute atomic E-state index is 13.2. The predicted octanol–water partition coefficient (Wildman–Crippen LogP) is 3.57.